The summed E-state index contributed by atoms with van der Waals surface area (Å²) in [6, 6.07) is 28.6. The lowest BCUT2D eigenvalue weighted by Crippen LogP contribution is -2.26. The highest BCUT2D eigenvalue weighted by Gasteiger charge is 2.39. The van der Waals surface area contributed by atoms with E-state index >= 15 is 0 Å². The molecule has 3 aromatic carbocycles. The molecule has 0 N–H and O–H groups in total. The molecule has 22 heavy (non-hydrogen) atoms. The molecule has 108 valence electrons. The molecule has 0 radical (unpaired) electrons. The molecule has 0 unspecified atom stereocenters. The third kappa shape index (κ3) is 1.84. The topological polar surface area (TPSA) is 0 Å². The van der Waals surface area contributed by atoms with Crippen molar-refractivity contribution in [1.29, 1.82) is 0 Å². The van der Waals surface area contributed by atoms with E-state index in [9.17, 15) is 0 Å². The average molecular weight is 284 g/mol. The Kier molecular flexibility index (Phi) is 2.94. The Morgan fingerprint density at radius 3 is 1.59 bits per heavy atom. The molecule has 0 saturated carbocycles. The summed E-state index contributed by atoms with van der Waals surface area (Å²) >= 11 is 0. The first-order valence-corrected chi connectivity index (χ1v) is 7.93. The van der Waals surface area contributed by atoms with Crippen LogP contribution >= 0.6 is 0 Å². The first kappa shape index (κ1) is 13.3. The predicted molar refractivity (Wildman–Crippen MR) is 93.2 cm³/mol. The first-order valence-electron chi connectivity index (χ1n) is 7.93. The van der Waals surface area contributed by atoms with Crippen molar-refractivity contribution in [1.82, 2.24) is 0 Å². The van der Waals surface area contributed by atoms with E-state index in [1.165, 1.54) is 27.8 Å². The molecule has 0 heteroatoms. The lowest BCUT2D eigenvalue weighted by molar-refractivity contribution is 0.465. The van der Waals surface area contributed by atoms with E-state index in [1.54, 1.807) is 0 Å². The van der Waals surface area contributed by atoms with Crippen LogP contribution in [-0.2, 0) is 5.41 Å². The van der Waals surface area contributed by atoms with Gasteiger partial charge in [-0.2, -0.15) is 0 Å². The van der Waals surface area contributed by atoms with E-state index in [0.717, 1.165) is 0 Å². The second-order valence-corrected chi connectivity index (χ2v) is 6.70. The maximum Gasteiger partial charge on any atom is 0.0193 e. The Morgan fingerprint density at radius 1 is 0.591 bits per heavy atom. The third-order valence-electron chi connectivity index (χ3n) is 5.07. The van der Waals surface area contributed by atoms with Crippen molar-refractivity contribution < 1.29 is 0 Å². The van der Waals surface area contributed by atoms with Crippen LogP contribution in [0.1, 0.15) is 36.5 Å². The van der Waals surface area contributed by atoms with Crippen molar-refractivity contribution in [2.45, 2.75) is 25.2 Å². The van der Waals surface area contributed by atoms with Crippen LogP contribution in [0.2, 0.25) is 0 Å². The van der Waals surface area contributed by atoms with Crippen molar-refractivity contribution in [3.05, 3.63) is 95.6 Å². The highest BCUT2D eigenvalue weighted by molar-refractivity contribution is 5.79. The number of rotatable bonds is 2. The highest BCUT2D eigenvalue weighted by atomic mass is 14.4. The van der Waals surface area contributed by atoms with Crippen LogP contribution in [0.4, 0.5) is 0 Å². The van der Waals surface area contributed by atoms with Gasteiger partial charge >= 0.3 is 0 Å². The largest absolute Gasteiger partial charge is 0.0622 e. The van der Waals surface area contributed by atoms with Crippen molar-refractivity contribution in [3.8, 4) is 11.1 Å². The average Bonchev–Trinajstić information content (AvgIpc) is 2.91. The minimum atomic E-state index is 0.0595. The second kappa shape index (κ2) is 4.84. The van der Waals surface area contributed by atoms with Crippen LogP contribution < -0.4 is 0 Å². The normalized spacial score (nSPS) is 13.7. The van der Waals surface area contributed by atoms with Gasteiger partial charge in [-0.3, -0.25) is 0 Å². The summed E-state index contributed by atoms with van der Waals surface area (Å²) in [7, 11) is 0. The van der Waals surface area contributed by atoms with E-state index < -0.39 is 0 Å². The molecule has 0 aromatic heterocycles. The molecule has 4 rings (SSSR count). The van der Waals surface area contributed by atoms with Crippen LogP contribution in [0, 0.1) is 0 Å². The van der Waals surface area contributed by atoms with Crippen molar-refractivity contribution in [2.24, 2.45) is 0 Å². The summed E-state index contributed by atoms with van der Waals surface area (Å²) in [6.07, 6.45) is 0. The zero-order valence-corrected chi connectivity index (χ0v) is 13.1. The van der Waals surface area contributed by atoms with Gasteiger partial charge in [0.2, 0.25) is 0 Å². The SMILES string of the molecule is CC(C)(c1ccccc1)C1c2ccccc2-c2ccccc21. The molecule has 3 aromatic rings. The molecule has 0 saturated heterocycles. The van der Waals surface area contributed by atoms with Gasteiger partial charge in [0, 0.05) is 11.3 Å². The van der Waals surface area contributed by atoms with Gasteiger partial charge in [-0.15, -0.1) is 0 Å². The first-order chi connectivity index (χ1) is 10.7. The van der Waals surface area contributed by atoms with Gasteiger partial charge in [0.05, 0.1) is 0 Å². The fraction of sp³-hybridized carbons (Fsp3) is 0.182. The van der Waals surface area contributed by atoms with Crippen LogP contribution in [0.15, 0.2) is 78.9 Å². The van der Waals surface area contributed by atoms with Crippen LogP contribution in [-0.4, -0.2) is 0 Å². The Morgan fingerprint density at radius 2 is 1.05 bits per heavy atom. The predicted octanol–water partition coefficient (Wildman–Crippen LogP) is 5.78. The molecule has 0 bridgehead atoms. The van der Waals surface area contributed by atoms with E-state index in [1.807, 2.05) is 0 Å². The van der Waals surface area contributed by atoms with Gasteiger partial charge in [0.1, 0.15) is 0 Å². The summed E-state index contributed by atoms with van der Waals surface area (Å²) in [6.45, 7) is 4.73. The summed E-state index contributed by atoms with van der Waals surface area (Å²) in [5.41, 5.74) is 7.16. The quantitative estimate of drug-likeness (QED) is 0.560. The molecule has 0 aliphatic heterocycles. The van der Waals surface area contributed by atoms with Gasteiger partial charge in [-0.1, -0.05) is 92.7 Å². The Labute approximate surface area is 132 Å². The van der Waals surface area contributed by atoms with Crippen molar-refractivity contribution in [2.75, 3.05) is 0 Å². The van der Waals surface area contributed by atoms with Gasteiger partial charge in [-0.25, -0.2) is 0 Å². The molecule has 1 aliphatic carbocycles. The molecule has 0 amide bonds. The molecule has 1 aliphatic rings. The monoisotopic (exact) mass is 284 g/mol. The zero-order valence-electron chi connectivity index (χ0n) is 13.1. The Bertz CT molecular complexity index is 767. The Balaban J connectivity index is 1.96. The fourth-order valence-electron chi connectivity index (χ4n) is 3.97. The maximum atomic E-state index is 2.37. The third-order valence-corrected chi connectivity index (χ3v) is 5.07. The lowest BCUT2D eigenvalue weighted by Gasteiger charge is -2.34. The highest BCUT2D eigenvalue weighted by Crippen LogP contribution is 2.53. The number of hydrogen-bond donors (Lipinski definition) is 0. The van der Waals surface area contributed by atoms with Crippen molar-refractivity contribution in [3.63, 3.8) is 0 Å². The number of benzene rings is 3. The lowest BCUT2D eigenvalue weighted by atomic mass is 9.69. The summed E-state index contributed by atoms with van der Waals surface area (Å²) < 4.78 is 0. The Hall–Kier alpha value is -2.34. The molecule has 0 nitrogen and oxygen atoms in total. The summed E-state index contributed by atoms with van der Waals surface area (Å²) in [4.78, 5) is 0. The fourth-order valence-corrected chi connectivity index (χ4v) is 3.97. The van der Waals surface area contributed by atoms with E-state index in [-0.39, 0.29) is 5.41 Å². The van der Waals surface area contributed by atoms with Gasteiger partial charge in [0.25, 0.3) is 0 Å². The number of hydrogen-bond acceptors (Lipinski definition) is 0. The molecule has 0 fully saturated rings. The van der Waals surface area contributed by atoms with E-state index in [4.69, 9.17) is 0 Å². The maximum absolute atomic E-state index is 2.37. The standard InChI is InChI=1S/C22H20/c1-22(2,16-10-4-3-5-11-16)21-19-14-8-6-12-17(19)18-13-7-9-15-20(18)21/h3-15,21H,1-2H3. The van der Waals surface area contributed by atoms with Gasteiger partial charge in [0.15, 0.2) is 0 Å². The smallest absolute Gasteiger partial charge is 0.0193 e. The second-order valence-electron chi connectivity index (χ2n) is 6.70. The zero-order chi connectivity index (χ0) is 15.2. The minimum absolute atomic E-state index is 0.0595. The van der Waals surface area contributed by atoms with E-state index in [2.05, 4.69) is 92.7 Å². The minimum Gasteiger partial charge on any atom is -0.0622 e. The van der Waals surface area contributed by atoms with Crippen LogP contribution in [0.3, 0.4) is 0 Å². The van der Waals surface area contributed by atoms with Gasteiger partial charge in [-0.05, 0) is 27.8 Å². The van der Waals surface area contributed by atoms with Gasteiger partial charge < -0.3 is 0 Å². The molecule has 0 atom stereocenters. The molecule has 0 spiro atoms. The van der Waals surface area contributed by atoms with Crippen LogP contribution in [0.5, 0.6) is 0 Å². The molecule has 0 heterocycles. The van der Waals surface area contributed by atoms with E-state index in [0.29, 0.717) is 5.92 Å². The number of fused-ring (bicyclic) bond motifs is 3. The molecular formula is C22H20. The molecular weight excluding hydrogens is 264 g/mol. The summed E-state index contributed by atoms with van der Waals surface area (Å²) in [5, 5.41) is 0. The summed E-state index contributed by atoms with van der Waals surface area (Å²) in [5.74, 6) is 0.405. The van der Waals surface area contributed by atoms with Crippen LogP contribution in [0.25, 0.3) is 11.1 Å². The van der Waals surface area contributed by atoms with Crippen molar-refractivity contribution >= 4 is 0 Å².